The van der Waals surface area contributed by atoms with Gasteiger partial charge in [0.15, 0.2) is 16.7 Å². The van der Waals surface area contributed by atoms with Gasteiger partial charge in [-0.05, 0) is 38.1 Å². The third kappa shape index (κ3) is 3.61. The number of amides is 1. The van der Waals surface area contributed by atoms with E-state index >= 15 is 0 Å². The Morgan fingerprint density at radius 2 is 2.00 bits per heavy atom. The first kappa shape index (κ1) is 17.3. The van der Waals surface area contributed by atoms with E-state index in [1.165, 1.54) is 11.8 Å². The molecule has 0 radical (unpaired) electrons. The Kier molecular flexibility index (Phi) is 5.23. The van der Waals surface area contributed by atoms with Gasteiger partial charge in [-0.25, -0.2) is 0 Å². The van der Waals surface area contributed by atoms with Crippen molar-refractivity contribution in [3.05, 3.63) is 48.7 Å². The summed E-state index contributed by atoms with van der Waals surface area (Å²) in [6, 6.07) is 13.3. The molecule has 0 aliphatic carbocycles. The van der Waals surface area contributed by atoms with Crippen molar-refractivity contribution in [2.24, 2.45) is 0 Å². The first-order chi connectivity index (χ1) is 12.1. The molecule has 0 saturated heterocycles. The Morgan fingerprint density at radius 3 is 2.64 bits per heavy atom. The Balaban J connectivity index is 1.77. The summed E-state index contributed by atoms with van der Waals surface area (Å²) >= 11 is 1.40. The summed E-state index contributed by atoms with van der Waals surface area (Å²) in [5.41, 5.74) is 0.869. The van der Waals surface area contributed by atoms with Crippen LogP contribution < -0.4 is 4.90 Å². The van der Waals surface area contributed by atoms with Crippen LogP contribution in [0.1, 0.15) is 13.8 Å². The summed E-state index contributed by atoms with van der Waals surface area (Å²) in [5, 5.41) is 8.88. The van der Waals surface area contributed by atoms with Gasteiger partial charge >= 0.3 is 0 Å². The third-order valence-electron chi connectivity index (χ3n) is 3.88. The van der Waals surface area contributed by atoms with Crippen molar-refractivity contribution in [3.8, 4) is 11.6 Å². The predicted molar refractivity (Wildman–Crippen MR) is 98.6 cm³/mol. The summed E-state index contributed by atoms with van der Waals surface area (Å²) in [5.74, 6) is 1.36. The summed E-state index contributed by atoms with van der Waals surface area (Å²) in [7, 11) is 1.79. The number of hydrogen-bond donors (Lipinski definition) is 0. The molecule has 2 aromatic heterocycles. The van der Waals surface area contributed by atoms with Crippen LogP contribution in [0.25, 0.3) is 11.6 Å². The van der Waals surface area contributed by atoms with E-state index in [1.54, 1.807) is 18.2 Å². The van der Waals surface area contributed by atoms with E-state index in [0.29, 0.717) is 23.3 Å². The molecule has 1 atom stereocenters. The van der Waals surface area contributed by atoms with E-state index in [9.17, 15) is 4.79 Å². The average molecular weight is 356 g/mol. The number of carbonyl (C=O) groups excluding carboxylic acids is 1. The van der Waals surface area contributed by atoms with Gasteiger partial charge < -0.3 is 9.32 Å². The molecule has 0 bridgehead atoms. The van der Waals surface area contributed by atoms with Crippen LogP contribution in [-0.2, 0) is 11.3 Å². The molecule has 1 aromatic carbocycles. The van der Waals surface area contributed by atoms with Crippen molar-refractivity contribution in [2.75, 3.05) is 11.9 Å². The number of thioether (sulfide) groups is 1. The Labute approximate surface area is 150 Å². The van der Waals surface area contributed by atoms with Crippen LogP contribution in [-0.4, -0.2) is 33.0 Å². The highest BCUT2D eigenvalue weighted by Crippen LogP contribution is 2.28. The molecular formula is C18H20N4O2S. The van der Waals surface area contributed by atoms with Crippen LogP contribution in [0.4, 0.5) is 5.69 Å². The smallest absolute Gasteiger partial charge is 0.240 e. The van der Waals surface area contributed by atoms with Crippen LogP contribution in [0.15, 0.2) is 58.3 Å². The maximum atomic E-state index is 12.7. The largest absolute Gasteiger partial charge is 0.461 e. The molecule has 0 aliphatic heterocycles. The minimum Gasteiger partial charge on any atom is -0.461 e. The number of hydrogen-bond acceptors (Lipinski definition) is 5. The summed E-state index contributed by atoms with van der Waals surface area (Å²) in [6.07, 6.45) is 1.61. The predicted octanol–water partition coefficient (Wildman–Crippen LogP) is 3.70. The SMILES string of the molecule is CCn1c(S[C@H](C)C(=O)N(C)c2ccccc2)nnc1-c1ccco1. The third-order valence-corrected chi connectivity index (χ3v) is 4.95. The van der Waals surface area contributed by atoms with Crippen molar-refractivity contribution in [1.82, 2.24) is 14.8 Å². The van der Waals surface area contributed by atoms with Gasteiger partial charge in [0, 0.05) is 19.3 Å². The van der Waals surface area contributed by atoms with E-state index < -0.39 is 0 Å². The highest BCUT2D eigenvalue weighted by atomic mass is 32.2. The van der Waals surface area contributed by atoms with E-state index in [0.717, 1.165) is 5.69 Å². The molecule has 7 heteroatoms. The maximum Gasteiger partial charge on any atom is 0.240 e. The van der Waals surface area contributed by atoms with E-state index in [2.05, 4.69) is 10.2 Å². The van der Waals surface area contributed by atoms with Crippen molar-refractivity contribution in [3.63, 3.8) is 0 Å². The fourth-order valence-corrected chi connectivity index (χ4v) is 3.52. The topological polar surface area (TPSA) is 64.2 Å². The molecule has 130 valence electrons. The number of rotatable bonds is 6. The molecule has 0 N–H and O–H groups in total. The minimum atomic E-state index is -0.288. The lowest BCUT2D eigenvalue weighted by molar-refractivity contribution is -0.117. The van der Waals surface area contributed by atoms with Crippen molar-refractivity contribution in [1.29, 1.82) is 0 Å². The zero-order valence-corrected chi connectivity index (χ0v) is 15.2. The first-order valence-corrected chi connectivity index (χ1v) is 8.96. The van der Waals surface area contributed by atoms with Crippen LogP contribution >= 0.6 is 11.8 Å². The van der Waals surface area contributed by atoms with Gasteiger partial charge in [-0.3, -0.25) is 9.36 Å². The number of nitrogens with zero attached hydrogens (tertiary/aromatic N) is 4. The van der Waals surface area contributed by atoms with Gasteiger partial charge in [-0.2, -0.15) is 0 Å². The standard InChI is InChI=1S/C18H20N4O2S/c1-4-22-16(15-11-8-12-24-15)19-20-18(22)25-13(2)17(23)21(3)14-9-6-5-7-10-14/h5-13H,4H2,1-3H3/t13-/m1/s1. The Morgan fingerprint density at radius 1 is 1.24 bits per heavy atom. The fourth-order valence-electron chi connectivity index (χ4n) is 2.51. The van der Waals surface area contributed by atoms with E-state index in [4.69, 9.17) is 4.42 Å². The summed E-state index contributed by atoms with van der Waals surface area (Å²) < 4.78 is 7.37. The van der Waals surface area contributed by atoms with Gasteiger partial charge in [0.25, 0.3) is 0 Å². The lowest BCUT2D eigenvalue weighted by Crippen LogP contribution is -2.33. The maximum absolute atomic E-state index is 12.7. The molecule has 0 saturated carbocycles. The molecule has 1 amide bonds. The van der Waals surface area contributed by atoms with E-state index in [-0.39, 0.29) is 11.2 Å². The zero-order chi connectivity index (χ0) is 17.8. The van der Waals surface area contributed by atoms with Crippen molar-refractivity contribution in [2.45, 2.75) is 30.8 Å². The number of benzene rings is 1. The van der Waals surface area contributed by atoms with Crippen molar-refractivity contribution < 1.29 is 9.21 Å². The normalized spacial score (nSPS) is 12.1. The summed E-state index contributed by atoms with van der Waals surface area (Å²) in [4.78, 5) is 14.4. The van der Waals surface area contributed by atoms with Gasteiger partial charge in [-0.1, -0.05) is 30.0 Å². The molecule has 0 fully saturated rings. The highest BCUT2D eigenvalue weighted by Gasteiger charge is 2.23. The molecule has 3 aromatic rings. The van der Waals surface area contributed by atoms with E-state index in [1.807, 2.05) is 60.9 Å². The molecule has 2 heterocycles. The second-order valence-electron chi connectivity index (χ2n) is 5.52. The molecule has 0 aliphatic rings. The molecule has 6 nitrogen and oxygen atoms in total. The number of carbonyl (C=O) groups is 1. The fraction of sp³-hybridized carbons (Fsp3) is 0.278. The molecular weight excluding hydrogens is 336 g/mol. The molecule has 25 heavy (non-hydrogen) atoms. The minimum absolute atomic E-state index is 0.0152. The van der Waals surface area contributed by atoms with Crippen LogP contribution in [0.5, 0.6) is 0 Å². The van der Waals surface area contributed by atoms with Crippen LogP contribution in [0, 0.1) is 0 Å². The zero-order valence-electron chi connectivity index (χ0n) is 14.4. The van der Waals surface area contributed by atoms with Gasteiger partial charge in [0.1, 0.15) is 0 Å². The number of furan rings is 1. The average Bonchev–Trinajstić information content (AvgIpc) is 3.30. The lowest BCUT2D eigenvalue weighted by atomic mass is 10.3. The van der Waals surface area contributed by atoms with Crippen molar-refractivity contribution >= 4 is 23.4 Å². The second kappa shape index (κ2) is 7.57. The van der Waals surface area contributed by atoms with Gasteiger partial charge in [0.05, 0.1) is 11.5 Å². The quantitative estimate of drug-likeness (QED) is 0.630. The van der Waals surface area contributed by atoms with Crippen LogP contribution in [0.2, 0.25) is 0 Å². The Hall–Kier alpha value is -2.54. The first-order valence-electron chi connectivity index (χ1n) is 8.08. The lowest BCUT2D eigenvalue weighted by Gasteiger charge is -2.21. The number of anilines is 1. The number of para-hydroxylation sites is 1. The highest BCUT2D eigenvalue weighted by molar-refractivity contribution is 8.00. The van der Waals surface area contributed by atoms with Gasteiger partial charge in [-0.15, -0.1) is 10.2 Å². The monoisotopic (exact) mass is 356 g/mol. The molecule has 3 rings (SSSR count). The summed E-state index contributed by atoms with van der Waals surface area (Å²) in [6.45, 7) is 4.59. The van der Waals surface area contributed by atoms with Crippen LogP contribution in [0.3, 0.4) is 0 Å². The second-order valence-corrected chi connectivity index (χ2v) is 6.83. The van der Waals surface area contributed by atoms with Gasteiger partial charge in [0.2, 0.25) is 5.91 Å². The molecule has 0 spiro atoms. The Bertz CT molecular complexity index is 830. The molecule has 0 unspecified atom stereocenters. The number of aromatic nitrogens is 3.